The first-order valence-electron chi connectivity index (χ1n) is 10.6. The van der Waals surface area contributed by atoms with Crippen LogP contribution in [0.2, 0.25) is 5.02 Å². The number of nitrogens with zero attached hydrogens (tertiary/aromatic N) is 2. The van der Waals surface area contributed by atoms with Crippen LogP contribution < -0.4 is 14.4 Å². The van der Waals surface area contributed by atoms with Gasteiger partial charge in [0.1, 0.15) is 23.3 Å². The fourth-order valence-corrected chi connectivity index (χ4v) is 5.22. The summed E-state index contributed by atoms with van der Waals surface area (Å²) >= 11 is 7.28. The summed E-state index contributed by atoms with van der Waals surface area (Å²) in [7, 11) is 3.01. The van der Waals surface area contributed by atoms with Crippen LogP contribution in [0.4, 0.5) is 5.13 Å². The van der Waals surface area contributed by atoms with E-state index in [-0.39, 0.29) is 11.3 Å². The number of halogens is 1. The maximum absolute atomic E-state index is 13.4. The van der Waals surface area contributed by atoms with Crippen molar-refractivity contribution in [3.8, 4) is 11.5 Å². The number of thiazole rings is 1. The van der Waals surface area contributed by atoms with Crippen molar-refractivity contribution < 1.29 is 24.2 Å². The molecule has 3 aromatic carbocycles. The number of hydrogen-bond donors (Lipinski definition) is 1. The lowest BCUT2D eigenvalue weighted by atomic mass is 9.94. The van der Waals surface area contributed by atoms with E-state index in [9.17, 15) is 14.7 Å². The number of ether oxygens (including phenoxy) is 2. The smallest absolute Gasteiger partial charge is 0.301 e. The van der Waals surface area contributed by atoms with Crippen molar-refractivity contribution in [1.29, 1.82) is 0 Å². The molecule has 9 heteroatoms. The van der Waals surface area contributed by atoms with Gasteiger partial charge in [0, 0.05) is 16.1 Å². The number of benzene rings is 3. The highest BCUT2D eigenvalue weighted by atomic mass is 35.5. The first-order chi connectivity index (χ1) is 16.9. The Morgan fingerprint density at radius 2 is 1.77 bits per heavy atom. The number of para-hydroxylation sites is 1. The fourth-order valence-electron chi connectivity index (χ4n) is 4.10. The van der Waals surface area contributed by atoms with Gasteiger partial charge in [0.25, 0.3) is 5.78 Å². The SMILES string of the molecule is COc1ccc(OC)c(C2/C(=C(\O)c3ccc(Cl)cc3)C(=O)C(=O)N2c2nc3ccccc3s2)c1. The highest BCUT2D eigenvalue weighted by Gasteiger charge is 2.49. The molecule has 0 aliphatic carbocycles. The third kappa shape index (κ3) is 3.90. The molecule has 5 rings (SSSR count). The van der Waals surface area contributed by atoms with Crippen LogP contribution in [0.25, 0.3) is 16.0 Å². The first-order valence-corrected chi connectivity index (χ1v) is 11.8. The molecule has 1 aliphatic heterocycles. The van der Waals surface area contributed by atoms with Gasteiger partial charge in [0.15, 0.2) is 5.13 Å². The summed E-state index contributed by atoms with van der Waals surface area (Å²) in [5.41, 5.74) is 1.44. The van der Waals surface area contributed by atoms with Gasteiger partial charge in [-0.3, -0.25) is 14.5 Å². The lowest BCUT2D eigenvalue weighted by Gasteiger charge is -2.25. The van der Waals surface area contributed by atoms with E-state index in [1.165, 1.54) is 30.5 Å². The lowest BCUT2D eigenvalue weighted by molar-refractivity contribution is -0.132. The van der Waals surface area contributed by atoms with Gasteiger partial charge in [-0.05, 0) is 54.6 Å². The topological polar surface area (TPSA) is 89.0 Å². The molecule has 0 radical (unpaired) electrons. The molecule has 1 aliphatic rings. The zero-order valence-electron chi connectivity index (χ0n) is 18.7. The zero-order chi connectivity index (χ0) is 24.7. The van der Waals surface area contributed by atoms with E-state index >= 15 is 0 Å². The van der Waals surface area contributed by atoms with Gasteiger partial charge in [-0.1, -0.05) is 35.1 Å². The average Bonchev–Trinajstić information content (AvgIpc) is 3.42. The Morgan fingerprint density at radius 3 is 2.46 bits per heavy atom. The van der Waals surface area contributed by atoms with Crippen molar-refractivity contribution in [1.82, 2.24) is 4.98 Å². The third-order valence-corrected chi connectivity index (χ3v) is 7.07. The van der Waals surface area contributed by atoms with Gasteiger partial charge in [0.2, 0.25) is 0 Å². The normalized spacial score (nSPS) is 17.2. The molecule has 2 heterocycles. The molecular formula is C26H19ClN2O5S. The number of fused-ring (bicyclic) bond motifs is 1. The minimum Gasteiger partial charge on any atom is -0.507 e. The molecule has 176 valence electrons. The number of carbonyl (C=O) groups is 2. The number of hydrogen-bond acceptors (Lipinski definition) is 7. The molecule has 1 amide bonds. The number of Topliss-reactive ketones (excluding diaryl/α,β-unsaturated/α-hetero) is 1. The van der Waals surface area contributed by atoms with Crippen molar-refractivity contribution in [2.45, 2.75) is 6.04 Å². The second kappa shape index (κ2) is 9.05. The number of carbonyl (C=O) groups excluding carboxylic acids is 2. The summed E-state index contributed by atoms with van der Waals surface area (Å²) in [5.74, 6) is -1.02. The standard InChI is InChI=1S/C26H19ClN2O5S/c1-33-16-11-12-19(34-2)17(13-16)22-21(23(30)14-7-9-15(27)10-8-14)24(31)25(32)29(22)26-28-18-5-3-4-6-20(18)35-26/h3-13,22,30H,1-2H3/b23-21+. The molecule has 35 heavy (non-hydrogen) atoms. The Morgan fingerprint density at radius 1 is 1.03 bits per heavy atom. The number of aliphatic hydroxyl groups excluding tert-OH is 1. The van der Waals surface area contributed by atoms with Crippen molar-refractivity contribution in [2.24, 2.45) is 0 Å². The summed E-state index contributed by atoms with van der Waals surface area (Å²) in [6, 6.07) is 17.9. The number of anilines is 1. The predicted molar refractivity (Wildman–Crippen MR) is 135 cm³/mol. The molecule has 1 saturated heterocycles. The highest BCUT2D eigenvalue weighted by Crippen LogP contribution is 2.47. The number of amides is 1. The molecule has 1 aromatic heterocycles. The maximum Gasteiger partial charge on any atom is 0.301 e. The molecule has 7 nitrogen and oxygen atoms in total. The molecule has 0 spiro atoms. The summed E-state index contributed by atoms with van der Waals surface area (Å²) in [5, 5.41) is 12.1. The summed E-state index contributed by atoms with van der Waals surface area (Å²) in [6.45, 7) is 0. The largest absolute Gasteiger partial charge is 0.507 e. The molecule has 1 N–H and O–H groups in total. The van der Waals surface area contributed by atoms with Gasteiger partial charge in [-0.2, -0.15) is 0 Å². The average molecular weight is 507 g/mol. The van der Waals surface area contributed by atoms with E-state index in [2.05, 4.69) is 4.98 Å². The number of ketones is 1. The summed E-state index contributed by atoms with van der Waals surface area (Å²) in [6.07, 6.45) is 0. The van der Waals surface area contributed by atoms with Crippen molar-refractivity contribution in [3.63, 3.8) is 0 Å². The van der Waals surface area contributed by atoms with Crippen LogP contribution in [0, 0.1) is 0 Å². The lowest BCUT2D eigenvalue weighted by Crippen LogP contribution is -2.29. The zero-order valence-corrected chi connectivity index (χ0v) is 20.3. The Bertz CT molecular complexity index is 1460. The quantitative estimate of drug-likeness (QED) is 0.215. The second-order valence-electron chi connectivity index (χ2n) is 7.75. The number of aliphatic hydroxyl groups is 1. The van der Waals surface area contributed by atoms with Crippen molar-refractivity contribution >= 4 is 55.7 Å². The van der Waals surface area contributed by atoms with E-state index < -0.39 is 17.7 Å². The van der Waals surface area contributed by atoms with Crippen LogP contribution in [-0.2, 0) is 9.59 Å². The Labute approximate surface area is 209 Å². The molecule has 0 saturated carbocycles. The minimum absolute atomic E-state index is 0.0804. The predicted octanol–water partition coefficient (Wildman–Crippen LogP) is 5.59. The Kier molecular flexibility index (Phi) is 5.92. The molecule has 1 atom stereocenters. The van der Waals surface area contributed by atoms with Crippen molar-refractivity contribution in [2.75, 3.05) is 19.1 Å². The molecule has 1 fully saturated rings. The number of methoxy groups -OCH3 is 2. The number of rotatable bonds is 5. The molecular weight excluding hydrogens is 488 g/mol. The molecule has 4 aromatic rings. The maximum atomic E-state index is 13.4. The fraction of sp³-hybridized carbons (Fsp3) is 0.115. The third-order valence-electron chi connectivity index (χ3n) is 5.78. The van der Waals surface area contributed by atoms with Crippen LogP contribution in [0.15, 0.2) is 72.3 Å². The van der Waals surface area contributed by atoms with Crippen LogP contribution in [0.5, 0.6) is 11.5 Å². The monoisotopic (exact) mass is 506 g/mol. The van der Waals surface area contributed by atoms with Crippen LogP contribution in [0.1, 0.15) is 17.2 Å². The second-order valence-corrected chi connectivity index (χ2v) is 9.19. The summed E-state index contributed by atoms with van der Waals surface area (Å²) in [4.78, 5) is 32.7. The van der Waals surface area contributed by atoms with Gasteiger partial charge >= 0.3 is 5.91 Å². The van der Waals surface area contributed by atoms with Gasteiger partial charge in [-0.25, -0.2) is 4.98 Å². The van der Waals surface area contributed by atoms with E-state index in [0.717, 1.165) is 4.70 Å². The van der Waals surface area contributed by atoms with E-state index in [0.29, 0.717) is 38.3 Å². The van der Waals surface area contributed by atoms with E-state index in [4.69, 9.17) is 21.1 Å². The highest BCUT2D eigenvalue weighted by molar-refractivity contribution is 7.22. The number of aromatic nitrogens is 1. The van der Waals surface area contributed by atoms with Crippen LogP contribution in [0.3, 0.4) is 0 Å². The molecule has 1 unspecified atom stereocenters. The van der Waals surface area contributed by atoms with Crippen molar-refractivity contribution in [3.05, 3.63) is 88.5 Å². The van der Waals surface area contributed by atoms with Gasteiger partial charge in [-0.15, -0.1) is 0 Å². The van der Waals surface area contributed by atoms with Gasteiger partial charge < -0.3 is 14.6 Å². The summed E-state index contributed by atoms with van der Waals surface area (Å²) < 4.78 is 11.8. The van der Waals surface area contributed by atoms with Gasteiger partial charge in [0.05, 0.1) is 30.0 Å². The van der Waals surface area contributed by atoms with E-state index in [1.807, 2.05) is 24.3 Å². The van der Waals surface area contributed by atoms with Crippen LogP contribution in [-0.4, -0.2) is 36.0 Å². The molecule has 0 bridgehead atoms. The van der Waals surface area contributed by atoms with E-state index in [1.54, 1.807) is 42.5 Å². The van der Waals surface area contributed by atoms with Crippen LogP contribution >= 0.6 is 22.9 Å². The Balaban J connectivity index is 1.78. The Hall–Kier alpha value is -3.88. The minimum atomic E-state index is -1.00. The first kappa shape index (κ1) is 22.9.